The lowest BCUT2D eigenvalue weighted by molar-refractivity contribution is -0.0564. The Labute approximate surface area is 228 Å². The number of carbonyl (C=O) groups excluding carboxylic acids is 1. The van der Waals surface area contributed by atoms with E-state index in [9.17, 15) is 15.0 Å². The number of piperidine rings is 1. The number of unbranched alkanes of at least 4 members (excludes halogenated alkanes) is 1. The number of halogens is 1. The van der Waals surface area contributed by atoms with Crippen LogP contribution in [0, 0.1) is 11.8 Å². The van der Waals surface area contributed by atoms with Crippen molar-refractivity contribution in [2.45, 2.75) is 88.4 Å². The Hall–Kier alpha value is -1.38. The Bertz CT molecular complexity index is 844. The summed E-state index contributed by atoms with van der Waals surface area (Å²) in [5.41, 5.74) is -0.781. The molecule has 0 unspecified atom stereocenters. The fraction of sp³-hybridized carbons (Fsp3) is 0.759. The standard InChI is InChI=1S/C29H48ClN3O4/c1-28(35)14-11-22(12-15-28)18-26(20-31-2)32-27(34)33-16-7-9-24(21-33)29(36,13-4-5-17-37-3)23-8-6-10-25(30)19-23/h6,8,10,19,22,24,26,31,35-36H,4-5,7,9,11-18,20-21H2,1-3H3,(H,32,34)/t22-,24-,26+,28+,29-/m1/s1. The van der Waals surface area contributed by atoms with Gasteiger partial charge in [0.25, 0.3) is 0 Å². The van der Waals surface area contributed by atoms with Crippen molar-refractivity contribution in [3.63, 3.8) is 0 Å². The molecule has 2 aliphatic rings. The zero-order valence-electron chi connectivity index (χ0n) is 23.0. The Morgan fingerprint density at radius 1 is 1.30 bits per heavy atom. The SMILES string of the molecule is CNC[C@H](C[C@H]1CC[C@@](C)(O)CC1)NC(=O)N1CCC[C@@H]([C@@](O)(CCCCOC)c2cccc(Cl)c2)C1. The molecule has 1 saturated carbocycles. The molecule has 210 valence electrons. The first-order valence-corrected chi connectivity index (χ1v) is 14.4. The van der Waals surface area contributed by atoms with Gasteiger partial charge in [-0.1, -0.05) is 23.7 Å². The maximum Gasteiger partial charge on any atom is 0.317 e. The highest BCUT2D eigenvalue weighted by molar-refractivity contribution is 6.30. The molecule has 2 fully saturated rings. The lowest BCUT2D eigenvalue weighted by atomic mass is 9.74. The summed E-state index contributed by atoms with van der Waals surface area (Å²) >= 11 is 6.31. The second kappa shape index (κ2) is 14.1. The van der Waals surface area contributed by atoms with Crippen molar-refractivity contribution in [1.82, 2.24) is 15.5 Å². The maximum atomic E-state index is 13.4. The van der Waals surface area contributed by atoms with Gasteiger partial charge in [-0.15, -0.1) is 0 Å². The van der Waals surface area contributed by atoms with Gasteiger partial charge in [0, 0.05) is 50.3 Å². The van der Waals surface area contributed by atoms with Crippen LogP contribution in [0.2, 0.25) is 5.02 Å². The largest absolute Gasteiger partial charge is 0.390 e. The van der Waals surface area contributed by atoms with Crippen molar-refractivity contribution in [3.05, 3.63) is 34.9 Å². The van der Waals surface area contributed by atoms with E-state index in [1.807, 2.05) is 43.1 Å². The third-order valence-corrected chi connectivity index (χ3v) is 8.68. The Kier molecular flexibility index (Phi) is 11.5. The predicted molar refractivity (Wildman–Crippen MR) is 149 cm³/mol. The number of benzene rings is 1. The smallest absolute Gasteiger partial charge is 0.317 e. The van der Waals surface area contributed by atoms with Crippen LogP contribution in [-0.2, 0) is 10.3 Å². The Balaban J connectivity index is 1.66. The average Bonchev–Trinajstić information content (AvgIpc) is 2.88. The lowest BCUT2D eigenvalue weighted by Gasteiger charge is -2.43. The van der Waals surface area contributed by atoms with Crippen molar-refractivity contribution >= 4 is 17.6 Å². The molecule has 2 amide bonds. The van der Waals surface area contributed by atoms with E-state index in [1.54, 1.807) is 7.11 Å². The van der Waals surface area contributed by atoms with E-state index in [0.717, 1.165) is 63.4 Å². The quantitative estimate of drug-likeness (QED) is 0.290. The first-order valence-electron chi connectivity index (χ1n) is 14.1. The number of likely N-dealkylation sites (tertiary alicyclic amines) is 1. The number of amides is 2. The van der Waals surface area contributed by atoms with Gasteiger partial charge in [0.15, 0.2) is 0 Å². The molecule has 1 aliphatic carbocycles. The van der Waals surface area contributed by atoms with Crippen molar-refractivity contribution in [3.8, 4) is 0 Å². The van der Waals surface area contributed by atoms with E-state index >= 15 is 0 Å². The van der Waals surface area contributed by atoms with Gasteiger partial charge in [-0.2, -0.15) is 0 Å². The fourth-order valence-electron chi connectivity index (χ4n) is 6.18. The number of methoxy groups -OCH3 is 1. The number of carbonyl (C=O) groups is 1. The number of nitrogens with one attached hydrogen (secondary N) is 2. The third-order valence-electron chi connectivity index (χ3n) is 8.44. The molecule has 4 N–H and O–H groups in total. The van der Waals surface area contributed by atoms with Crippen molar-refractivity contribution in [2.75, 3.05) is 40.4 Å². The summed E-state index contributed by atoms with van der Waals surface area (Å²) in [6.45, 7) is 4.50. The second-order valence-corrected chi connectivity index (χ2v) is 12.0. The van der Waals surface area contributed by atoms with E-state index < -0.39 is 11.2 Å². The Morgan fingerprint density at radius 3 is 2.73 bits per heavy atom. The van der Waals surface area contributed by atoms with Crippen LogP contribution in [0.5, 0.6) is 0 Å². The predicted octanol–water partition coefficient (Wildman–Crippen LogP) is 4.69. The van der Waals surface area contributed by atoms with Gasteiger partial charge in [-0.05, 0) is 102 Å². The molecule has 8 heteroatoms. The molecular formula is C29H48ClN3O4. The number of nitrogens with zero attached hydrogens (tertiary/aromatic N) is 1. The van der Waals surface area contributed by atoms with Gasteiger partial charge in [0.05, 0.1) is 11.2 Å². The molecule has 3 rings (SSSR count). The molecule has 0 spiro atoms. The van der Waals surface area contributed by atoms with E-state index in [0.29, 0.717) is 43.6 Å². The van der Waals surface area contributed by atoms with Crippen LogP contribution in [0.1, 0.15) is 76.7 Å². The summed E-state index contributed by atoms with van der Waals surface area (Å²) in [5.74, 6) is 0.435. The zero-order chi connectivity index (χ0) is 26.9. The molecule has 0 radical (unpaired) electrons. The molecule has 0 bridgehead atoms. The molecule has 1 aliphatic heterocycles. The van der Waals surface area contributed by atoms with E-state index in [2.05, 4.69) is 10.6 Å². The molecule has 1 aromatic rings. The maximum absolute atomic E-state index is 13.4. The summed E-state index contributed by atoms with van der Waals surface area (Å²) in [5, 5.41) is 29.5. The number of rotatable bonds is 12. The van der Waals surface area contributed by atoms with Crippen molar-refractivity contribution in [2.24, 2.45) is 11.8 Å². The van der Waals surface area contributed by atoms with Crippen LogP contribution in [0.4, 0.5) is 4.79 Å². The number of hydrogen-bond donors (Lipinski definition) is 4. The highest BCUT2D eigenvalue weighted by Gasteiger charge is 2.41. The minimum atomic E-state index is -1.05. The molecule has 37 heavy (non-hydrogen) atoms. The third kappa shape index (κ3) is 8.82. The first kappa shape index (κ1) is 30.2. The zero-order valence-corrected chi connectivity index (χ0v) is 23.7. The summed E-state index contributed by atoms with van der Waals surface area (Å²) in [4.78, 5) is 15.3. The van der Waals surface area contributed by atoms with Gasteiger partial charge in [-0.3, -0.25) is 0 Å². The topological polar surface area (TPSA) is 94.1 Å². The number of urea groups is 1. The normalized spacial score (nSPS) is 26.9. The molecule has 3 atom stereocenters. The lowest BCUT2D eigenvalue weighted by Crippen LogP contribution is -2.54. The number of ether oxygens (including phenoxy) is 1. The molecule has 0 aromatic heterocycles. The monoisotopic (exact) mass is 537 g/mol. The van der Waals surface area contributed by atoms with Gasteiger partial charge in [0.2, 0.25) is 0 Å². The van der Waals surface area contributed by atoms with Crippen LogP contribution in [0.3, 0.4) is 0 Å². The van der Waals surface area contributed by atoms with E-state index in [-0.39, 0.29) is 18.0 Å². The Morgan fingerprint density at radius 2 is 2.05 bits per heavy atom. The molecule has 1 saturated heterocycles. The van der Waals surface area contributed by atoms with Gasteiger partial charge >= 0.3 is 6.03 Å². The molecule has 1 heterocycles. The minimum Gasteiger partial charge on any atom is -0.390 e. The van der Waals surface area contributed by atoms with Crippen LogP contribution in [0.25, 0.3) is 0 Å². The number of hydrogen-bond acceptors (Lipinski definition) is 5. The van der Waals surface area contributed by atoms with E-state index in [4.69, 9.17) is 16.3 Å². The molecule has 1 aromatic carbocycles. The van der Waals surface area contributed by atoms with Gasteiger partial charge in [0.1, 0.15) is 0 Å². The first-order chi connectivity index (χ1) is 17.7. The van der Waals surface area contributed by atoms with Crippen LogP contribution in [-0.4, -0.2) is 73.2 Å². The summed E-state index contributed by atoms with van der Waals surface area (Å²) < 4.78 is 5.22. The highest BCUT2D eigenvalue weighted by Crippen LogP contribution is 2.40. The average molecular weight is 538 g/mol. The van der Waals surface area contributed by atoms with Crippen molar-refractivity contribution in [1.29, 1.82) is 0 Å². The molecule has 7 nitrogen and oxygen atoms in total. The minimum absolute atomic E-state index is 0.0341. The summed E-state index contributed by atoms with van der Waals surface area (Å²) in [7, 11) is 3.61. The van der Waals surface area contributed by atoms with Crippen molar-refractivity contribution < 1.29 is 19.7 Å². The summed E-state index contributed by atoms with van der Waals surface area (Å²) in [6.07, 6.45) is 8.55. The van der Waals surface area contributed by atoms with E-state index in [1.165, 1.54) is 0 Å². The van der Waals surface area contributed by atoms with Gasteiger partial charge < -0.3 is 30.5 Å². The second-order valence-electron chi connectivity index (χ2n) is 11.5. The van der Waals surface area contributed by atoms with Crippen LogP contribution < -0.4 is 10.6 Å². The fourth-order valence-corrected chi connectivity index (χ4v) is 6.37. The van der Waals surface area contributed by atoms with Gasteiger partial charge in [-0.25, -0.2) is 4.79 Å². The van der Waals surface area contributed by atoms with Crippen LogP contribution >= 0.6 is 11.6 Å². The number of likely N-dealkylation sites (N-methyl/N-ethyl adjacent to an activating group) is 1. The number of aliphatic hydroxyl groups is 2. The highest BCUT2D eigenvalue weighted by atomic mass is 35.5. The molecular weight excluding hydrogens is 490 g/mol. The van der Waals surface area contributed by atoms with Crippen LogP contribution in [0.15, 0.2) is 24.3 Å². The summed E-state index contributed by atoms with van der Waals surface area (Å²) in [6, 6.07) is 7.50.